The number of aromatic nitrogens is 2. The van der Waals surface area contributed by atoms with Crippen LogP contribution in [0.5, 0.6) is 0 Å². The number of benzene rings is 1. The Hall–Kier alpha value is -3.21. The second kappa shape index (κ2) is 8.50. The molecule has 162 valence electrons. The van der Waals surface area contributed by atoms with Gasteiger partial charge < -0.3 is 15.1 Å². The molecule has 1 N–H and O–H groups in total. The van der Waals surface area contributed by atoms with Gasteiger partial charge in [0.15, 0.2) is 5.82 Å². The lowest BCUT2D eigenvalue weighted by Crippen LogP contribution is -2.50. The van der Waals surface area contributed by atoms with Crippen LogP contribution in [0.1, 0.15) is 5.56 Å². The zero-order valence-electron chi connectivity index (χ0n) is 16.1. The van der Waals surface area contributed by atoms with Crippen molar-refractivity contribution in [3.05, 3.63) is 59.2 Å². The highest BCUT2D eigenvalue weighted by molar-refractivity contribution is 7.13. The monoisotopic (exact) mass is 451 g/mol. The van der Waals surface area contributed by atoms with Crippen LogP contribution in [-0.4, -0.2) is 47.3 Å². The third-order valence-electron chi connectivity index (χ3n) is 4.84. The number of amides is 2. The highest BCUT2D eigenvalue weighted by atomic mass is 32.1. The van der Waals surface area contributed by atoms with E-state index in [0.29, 0.717) is 44.1 Å². The second-order valence-corrected chi connectivity index (χ2v) is 7.80. The molecule has 0 radical (unpaired) electrons. The van der Waals surface area contributed by atoms with Crippen molar-refractivity contribution in [3.63, 3.8) is 0 Å². The van der Waals surface area contributed by atoms with Gasteiger partial charge in [-0.25, -0.2) is 9.18 Å². The Morgan fingerprint density at radius 3 is 2.42 bits per heavy atom. The third-order valence-corrected chi connectivity index (χ3v) is 5.73. The lowest BCUT2D eigenvalue weighted by Gasteiger charge is -2.35. The van der Waals surface area contributed by atoms with Crippen molar-refractivity contribution in [2.45, 2.75) is 6.18 Å². The molecule has 31 heavy (non-hydrogen) atoms. The summed E-state index contributed by atoms with van der Waals surface area (Å²) in [4.78, 5) is 16.9. The molecule has 1 aromatic carbocycles. The van der Waals surface area contributed by atoms with Gasteiger partial charge in [-0.15, -0.1) is 21.5 Å². The van der Waals surface area contributed by atoms with Crippen molar-refractivity contribution in [1.82, 2.24) is 15.1 Å². The molecule has 1 fully saturated rings. The van der Waals surface area contributed by atoms with E-state index < -0.39 is 23.6 Å². The van der Waals surface area contributed by atoms with Crippen LogP contribution in [0.2, 0.25) is 0 Å². The molecule has 1 saturated heterocycles. The summed E-state index contributed by atoms with van der Waals surface area (Å²) >= 11 is 1.57. The van der Waals surface area contributed by atoms with Crippen molar-refractivity contribution in [2.75, 3.05) is 36.4 Å². The summed E-state index contributed by atoms with van der Waals surface area (Å²) < 4.78 is 52.0. The van der Waals surface area contributed by atoms with Crippen LogP contribution in [0.3, 0.4) is 0 Å². The minimum Gasteiger partial charge on any atom is -0.352 e. The van der Waals surface area contributed by atoms with Crippen LogP contribution in [0.4, 0.5) is 33.9 Å². The average molecular weight is 451 g/mol. The highest BCUT2D eigenvalue weighted by Crippen LogP contribution is 2.33. The molecular weight excluding hydrogens is 434 g/mol. The first-order chi connectivity index (χ1) is 14.8. The summed E-state index contributed by atoms with van der Waals surface area (Å²) in [6, 6.07) is 9.50. The summed E-state index contributed by atoms with van der Waals surface area (Å²) in [6.07, 6.45) is -4.84. The molecule has 1 aliphatic rings. The molecular formula is C20H17F4N5OS. The Bertz CT molecular complexity index is 1050. The van der Waals surface area contributed by atoms with Gasteiger partial charge in [-0.3, -0.25) is 0 Å². The number of halogens is 4. The van der Waals surface area contributed by atoms with Gasteiger partial charge in [-0.05, 0) is 41.8 Å². The van der Waals surface area contributed by atoms with E-state index >= 15 is 0 Å². The molecule has 0 aliphatic carbocycles. The number of anilines is 2. The number of piperazine rings is 1. The number of thiophene rings is 1. The maximum absolute atomic E-state index is 13.4. The molecule has 11 heteroatoms. The zero-order valence-corrected chi connectivity index (χ0v) is 16.9. The number of hydrogen-bond donors (Lipinski definition) is 1. The largest absolute Gasteiger partial charge is 0.419 e. The maximum Gasteiger partial charge on any atom is 0.419 e. The number of hydrogen-bond acceptors (Lipinski definition) is 5. The Morgan fingerprint density at radius 2 is 1.81 bits per heavy atom. The van der Waals surface area contributed by atoms with E-state index in [1.54, 1.807) is 11.3 Å². The minimum absolute atomic E-state index is 0.115. The molecule has 6 nitrogen and oxygen atoms in total. The van der Waals surface area contributed by atoms with Crippen molar-refractivity contribution < 1.29 is 22.4 Å². The van der Waals surface area contributed by atoms with Gasteiger partial charge in [-0.2, -0.15) is 13.2 Å². The Balaban J connectivity index is 1.35. The molecule has 0 spiro atoms. The third kappa shape index (κ3) is 4.76. The van der Waals surface area contributed by atoms with Gasteiger partial charge in [0.2, 0.25) is 0 Å². The normalized spacial score (nSPS) is 14.6. The molecule has 0 bridgehead atoms. The van der Waals surface area contributed by atoms with E-state index in [-0.39, 0.29) is 5.69 Å². The maximum atomic E-state index is 13.4. The molecule has 0 atom stereocenters. The number of carbonyl (C=O) groups is 1. The smallest absolute Gasteiger partial charge is 0.352 e. The van der Waals surface area contributed by atoms with E-state index in [4.69, 9.17) is 0 Å². The number of carbonyl (C=O) groups excluding carboxylic acids is 1. The molecule has 3 heterocycles. The van der Waals surface area contributed by atoms with Crippen molar-refractivity contribution in [1.29, 1.82) is 0 Å². The first-order valence-corrected chi connectivity index (χ1v) is 10.2. The topological polar surface area (TPSA) is 61.4 Å². The molecule has 2 amide bonds. The molecule has 0 saturated carbocycles. The molecule has 0 unspecified atom stereocenters. The van der Waals surface area contributed by atoms with Crippen LogP contribution in [0.25, 0.3) is 10.6 Å². The number of nitrogens with zero attached hydrogens (tertiary/aromatic N) is 4. The first kappa shape index (κ1) is 21.0. The zero-order chi connectivity index (χ0) is 22.0. The SMILES string of the molecule is O=C(Nc1ccc(F)c(C(F)(F)F)c1)N1CCN(c2ccc(-c3cccs3)nn2)CC1. The van der Waals surface area contributed by atoms with Crippen molar-refractivity contribution in [2.24, 2.45) is 0 Å². The summed E-state index contributed by atoms with van der Waals surface area (Å²) in [5.41, 5.74) is -0.745. The number of urea groups is 1. The van der Waals surface area contributed by atoms with Crippen molar-refractivity contribution >= 4 is 28.9 Å². The van der Waals surface area contributed by atoms with Crippen LogP contribution < -0.4 is 10.2 Å². The van der Waals surface area contributed by atoms with E-state index in [9.17, 15) is 22.4 Å². The summed E-state index contributed by atoms with van der Waals surface area (Å²) in [5.74, 6) is -0.695. The summed E-state index contributed by atoms with van der Waals surface area (Å²) in [6.45, 7) is 1.70. The predicted octanol–water partition coefficient (Wildman–Crippen LogP) is 4.72. The highest BCUT2D eigenvalue weighted by Gasteiger charge is 2.34. The van der Waals surface area contributed by atoms with Gasteiger partial charge in [-0.1, -0.05) is 6.07 Å². The lowest BCUT2D eigenvalue weighted by molar-refractivity contribution is -0.139. The predicted molar refractivity (Wildman–Crippen MR) is 110 cm³/mol. The fraction of sp³-hybridized carbons (Fsp3) is 0.250. The van der Waals surface area contributed by atoms with Crippen LogP contribution in [-0.2, 0) is 6.18 Å². The number of rotatable bonds is 3. The van der Waals surface area contributed by atoms with Gasteiger partial charge in [0.1, 0.15) is 11.5 Å². The summed E-state index contributed by atoms with van der Waals surface area (Å²) in [7, 11) is 0. The first-order valence-electron chi connectivity index (χ1n) is 9.36. The van der Waals surface area contributed by atoms with Gasteiger partial charge in [0, 0.05) is 31.9 Å². The average Bonchev–Trinajstić information content (AvgIpc) is 3.29. The minimum atomic E-state index is -4.84. The standard InChI is InChI=1S/C20H17F4N5OS/c21-15-4-3-13(12-14(15)20(22,23)24)25-19(30)29-9-7-28(8-10-29)18-6-5-16(26-27-18)17-2-1-11-31-17/h1-6,11-12H,7-10H2,(H,25,30). The fourth-order valence-electron chi connectivity index (χ4n) is 3.21. The van der Waals surface area contributed by atoms with Crippen LogP contribution >= 0.6 is 11.3 Å². The second-order valence-electron chi connectivity index (χ2n) is 6.85. The lowest BCUT2D eigenvalue weighted by atomic mass is 10.2. The van der Waals surface area contributed by atoms with Crippen LogP contribution in [0.15, 0.2) is 47.8 Å². The Kier molecular flexibility index (Phi) is 5.77. The Labute approximate surface area is 179 Å². The number of nitrogens with one attached hydrogen (secondary N) is 1. The van der Waals surface area contributed by atoms with Crippen LogP contribution in [0, 0.1) is 5.82 Å². The van der Waals surface area contributed by atoms with E-state index in [2.05, 4.69) is 15.5 Å². The number of alkyl halides is 3. The molecule has 4 rings (SSSR count). The fourth-order valence-corrected chi connectivity index (χ4v) is 3.90. The molecule has 2 aromatic heterocycles. The van der Waals surface area contributed by atoms with Crippen molar-refractivity contribution in [3.8, 4) is 10.6 Å². The van der Waals surface area contributed by atoms with Gasteiger partial charge >= 0.3 is 12.2 Å². The van der Waals surface area contributed by atoms with E-state index in [1.165, 1.54) is 4.90 Å². The Morgan fingerprint density at radius 1 is 1.03 bits per heavy atom. The molecule has 3 aromatic rings. The quantitative estimate of drug-likeness (QED) is 0.586. The van der Waals surface area contributed by atoms with E-state index in [0.717, 1.165) is 16.6 Å². The van der Waals surface area contributed by atoms with Gasteiger partial charge in [0.05, 0.1) is 10.4 Å². The summed E-state index contributed by atoms with van der Waals surface area (Å²) in [5, 5.41) is 12.9. The molecule has 1 aliphatic heterocycles. The van der Waals surface area contributed by atoms with Gasteiger partial charge in [0.25, 0.3) is 0 Å². The van der Waals surface area contributed by atoms with E-state index in [1.807, 2.05) is 34.5 Å².